The number of pyridine rings is 1. The predicted octanol–water partition coefficient (Wildman–Crippen LogP) is 2.85. The van der Waals surface area contributed by atoms with Crippen LogP contribution in [0.5, 0.6) is 0 Å². The van der Waals surface area contributed by atoms with E-state index in [0.29, 0.717) is 5.92 Å². The van der Waals surface area contributed by atoms with Crippen LogP contribution in [0.3, 0.4) is 0 Å². The van der Waals surface area contributed by atoms with Gasteiger partial charge in [0.25, 0.3) is 0 Å². The van der Waals surface area contributed by atoms with Crippen LogP contribution in [0.15, 0.2) is 18.5 Å². The van der Waals surface area contributed by atoms with Gasteiger partial charge in [0, 0.05) is 23.2 Å². The molecule has 3 nitrogen and oxygen atoms in total. The number of nitrogens with zero attached hydrogens (tertiary/aromatic N) is 3. The lowest BCUT2D eigenvalue weighted by atomic mass is 10.1. The van der Waals surface area contributed by atoms with Crippen molar-refractivity contribution in [2.45, 2.75) is 33.1 Å². The second-order valence-corrected chi connectivity index (χ2v) is 3.87. The molecule has 3 heteroatoms. The van der Waals surface area contributed by atoms with Crippen LogP contribution in [-0.4, -0.2) is 15.0 Å². The predicted molar refractivity (Wildman–Crippen MR) is 60.8 cm³/mol. The van der Waals surface area contributed by atoms with Gasteiger partial charge >= 0.3 is 0 Å². The van der Waals surface area contributed by atoms with E-state index in [-0.39, 0.29) is 0 Å². The molecule has 2 aromatic rings. The minimum Gasteiger partial charge on any atom is -0.262 e. The van der Waals surface area contributed by atoms with Crippen molar-refractivity contribution in [2.24, 2.45) is 0 Å². The van der Waals surface area contributed by atoms with Crippen molar-refractivity contribution in [1.82, 2.24) is 15.0 Å². The van der Waals surface area contributed by atoms with Crippen molar-refractivity contribution in [2.75, 3.05) is 0 Å². The first-order chi connectivity index (χ1) is 7.22. The zero-order valence-corrected chi connectivity index (χ0v) is 9.36. The molecule has 0 fully saturated rings. The molecule has 0 saturated heterocycles. The van der Waals surface area contributed by atoms with Gasteiger partial charge in [-0.2, -0.15) is 0 Å². The molecular formula is C12H15N3. The Labute approximate surface area is 89.6 Å². The van der Waals surface area contributed by atoms with Crippen LogP contribution in [0.2, 0.25) is 0 Å². The molecule has 1 unspecified atom stereocenters. The van der Waals surface area contributed by atoms with Gasteiger partial charge in [-0.05, 0) is 19.4 Å². The summed E-state index contributed by atoms with van der Waals surface area (Å²) < 4.78 is 0. The monoisotopic (exact) mass is 201 g/mol. The van der Waals surface area contributed by atoms with E-state index in [9.17, 15) is 0 Å². The smallest absolute Gasteiger partial charge is 0.132 e. The van der Waals surface area contributed by atoms with Crippen molar-refractivity contribution in [3.05, 3.63) is 30.0 Å². The van der Waals surface area contributed by atoms with Crippen molar-refractivity contribution in [3.8, 4) is 0 Å². The average molecular weight is 201 g/mol. The molecule has 0 bridgehead atoms. The van der Waals surface area contributed by atoms with Gasteiger partial charge in [-0.15, -0.1) is 0 Å². The summed E-state index contributed by atoms with van der Waals surface area (Å²) in [6.07, 6.45) is 4.64. The van der Waals surface area contributed by atoms with E-state index < -0.39 is 0 Å². The Bertz CT molecular complexity index is 479. The summed E-state index contributed by atoms with van der Waals surface area (Å²) in [7, 11) is 0. The molecule has 0 amide bonds. The van der Waals surface area contributed by atoms with E-state index in [4.69, 9.17) is 0 Å². The summed E-state index contributed by atoms with van der Waals surface area (Å²) in [5.41, 5.74) is 1.98. The summed E-state index contributed by atoms with van der Waals surface area (Å²) in [5, 5.41) is 1.09. The summed E-state index contributed by atoms with van der Waals surface area (Å²) in [6.45, 7) is 6.32. The molecule has 0 aliphatic rings. The molecule has 0 aliphatic carbocycles. The standard InChI is InChI=1S/C12H15N3/c1-4-8(2)12-14-9(3)10-5-6-13-7-11(10)15-12/h5-8H,4H2,1-3H3. The van der Waals surface area contributed by atoms with E-state index in [0.717, 1.165) is 28.8 Å². The van der Waals surface area contributed by atoms with E-state index in [1.807, 2.05) is 13.0 Å². The first-order valence-corrected chi connectivity index (χ1v) is 5.30. The number of fused-ring (bicyclic) bond motifs is 1. The van der Waals surface area contributed by atoms with E-state index in [2.05, 4.69) is 28.8 Å². The van der Waals surface area contributed by atoms with Gasteiger partial charge in [0.05, 0.1) is 11.7 Å². The fourth-order valence-electron chi connectivity index (χ4n) is 1.56. The topological polar surface area (TPSA) is 38.7 Å². The highest BCUT2D eigenvalue weighted by Gasteiger charge is 2.09. The second-order valence-electron chi connectivity index (χ2n) is 3.87. The molecule has 2 rings (SSSR count). The Morgan fingerprint density at radius 1 is 1.33 bits per heavy atom. The zero-order valence-electron chi connectivity index (χ0n) is 9.36. The molecule has 78 valence electrons. The summed E-state index contributed by atoms with van der Waals surface area (Å²) >= 11 is 0. The molecule has 2 aromatic heterocycles. The second kappa shape index (κ2) is 3.93. The van der Waals surface area contributed by atoms with Crippen LogP contribution < -0.4 is 0 Å². The maximum Gasteiger partial charge on any atom is 0.132 e. The summed E-state index contributed by atoms with van der Waals surface area (Å²) in [4.78, 5) is 13.2. The maximum atomic E-state index is 4.53. The van der Waals surface area contributed by atoms with Crippen molar-refractivity contribution in [1.29, 1.82) is 0 Å². The van der Waals surface area contributed by atoms with Gasteiger partial charge in [0.2, 0.25) is 0 Å². The van der Waals surface area contributed by atoms with Crippen molar-refractivity contribution >= 4 is 10.9 Å². The van der Waals surface area contributed by atoms with Gasteiger partial charge < -0.3 is 0 Å². The minimum absolute atomic E-state index is 0.410. The Balaban J connectivity index is 2.62. The lowest BCUT2D eigenvalue weighted by Crippen LogP contribution is -2.02. The third-order valence-electron chi connectivity index (χ3n) is 2.76. The average Bonchev–Trinajstić information content (AvgIpc) is 2.28. The quantitative estimate of drug-likeness (QED) is 0.750. The number of rotatable bonds is 2. The summed E-state index contributed by atoms with van der Waals surface area (Å²) in [6, 6.07) is 1.96. The largest absolute Gasteiger partial charge is 0.262 e. The van der Waals surface area contributed by atoms with E-state index in [1.165, 1.54) is 0 Å². The molecule has 0 aliphatic heterocycles. The molecule has 0 radical (unpaired) electrons. The number of hydrogen-bond donors (Lipinski definition) is 0. The fourth-order valence-corrected chi connectivity index (χ4v) is 1.56. The highest BCUT2D eigenvalue weighted by atomic mass is 14.9. The summed E-state index contributed by atoms with van der Waals surface area (Å²) in [5.74, 6) is 1.34. The van der Waals surface area contributed by atoms with Crippen molar-refractivity contribution < 1.29 is 0 Å². The molecular weight excluding hydrogens is 186 g/mol. The van der Waals surface area contributed by atoms with Crippen LogP contribution in [-0.2, 0) is 0 Å². The Hall–Kier alpha value is -1.51. The first-order valence-electron chi connectivity index (χ1n) is 5.30. The van der Waals surface area contributed by atoms with Gasteiger partial charge in [-0.3, -0.25) is 4.98 Å². The van der Waals surface area contributed by atoms with Gasteiger partial charge in [0.15, 0.2) is 0 Å². The fraction of sp³-hybridized carbons (Fsp3) is 0.417. The van der Waals surface area contributed by atoms with Crippen LogP contribution in [0.25, 0.3) is 10.9 Å². The van der Waals surface area contributed by atoms with Gasteiger partial charge in [-0.25, -0.2) is 9.97 Å². The third-order valence-corrected chi connectivity index (χ3v) is 2.76. The molecule has 1 atom stereocenters. The molecule has 0 saturated carbocycles. The number of hydrogen-bond acceptors (Lipinski definition) is 3. The number of aryl methyl sites for hydroxylation is 1. The lowest BCUT2D eigenvalue weighted by Gasteiger charge is -2.09. The molecule has 0 aromatic carbocycles. The van der Waals surface area contributed by atoms with Gasteiger partial charge in [-0.1, -0.05) is 13.8 Å². The molecule has 0 spiro atoms. The Morgan fingerprint density at radius 2 is 2.13 bits per heavy atom. The van der Waals surface area contributed by atoms with Crippen LogP contribution in [0.1, 0.15) is 37.7 Å². The first kappa shape index (κ1) is 10.0. The van der Waals surface area contributed by atoms with E-state index >= 15 is 0 Å². The number of aromatic nitrogens is 3. The van der Waals surface area contributed by atoms with Gasteiger partial charge in [0.1, 0.15) is 5.82 Å². The van der Waals surface area contributed by atoms with Crippen LogP contribution >= 0.6 is 0 Å². The van der Waals surface area contributed by atoms with Crippen LogP contribution in [0, 0.1) is 6.92 Å². The lowest BCUT2D eigenvalue weighted by molar-refractivity contribution is 0.680. The highest BCUT2D eigenvalue weighted by Crippen LogP contribution is 2.19. The molecule has 2 heterocycles. The zero-order chi connectivity index (χ0) is 10.8. The third kappa shape index (κ3) is 1.82. The van der Waals surface area contributed by atoms with Crippen LogP contribution in [0.4, 0.5) is 0 Å². The minimum atomic E-state index is 0.410. The van der Waals surface area contributed by atoms with E-state index in [1.54, 1.807) is 12.4 Å². The molecule has 15 heavy (non-hydrogen) atoms. The highest BCUT2D eigenvalue weighted by molar-refractivity contribution is 5.79. The normalized spacial score (nSPS) is 13.0. The van der Waals surface area contributed by atoms with Crippen molar-refractivity contribution in [3.63, 3.8) is 0 Å². The SMILES string of the molecule is CCC(C)c1nc(C)c2ccncc2n1. The molecule has 0 N–H and O–H groups in total. The Morgan fingerprint density at radius 3 is 2.87 bits per heavy atom. The Kier molecular flexibility index (Phi) is 2.62. The maximum absolute atomic E-state index is 4.53.